The van der Waals surface area contributed by atoms with Crippen molar-refractivity contribution in [3.8, 4) is 0 Å². The first-order valence-electron chi connectivity index (χ1n) is 12.5. The number of ether oxygens (including phenoxy) is 1. The Balaban J connectivity index is 1.55. The fourth-order valence-electron chi connectivity index (χ4n) is 5.27. The van der Waals surface area contributed by atoms with Crippen molar-refractivity contribution in [2.45, 2.75) is 51.8 Å². The summed E-state index contributed by atoms with van der Waals surface area (Å²) < 4.78 is 5.67. The lowest BCUT2D eigenvalue weighted by atomic mass is 9.93. The molecule has 3 heterocycles. The molecule has 2 unspecified atom stereocenters. The number of nitrogens with two attached hydrogens (primary N) is 1. The van der Waals surface area contributed by atoms with Crippen LogP contribution in [0.2, 0.25) is 0 Å². The standard InChI is InChI=1S/C29H31N3O4S/c1-17(18-10-6-5-7-11-18)31-15-14-21-23(28(35)36-29(2,3)4)25(30)37-24(21)22(31)16-32-26(33)19-12-8-9-13-20(19)27(32)34/h5-13,17,22H,14-16,30H2,1-4H3. The Kier molecular flexibility index (Phi) is 6.41. The monoisotopic (exact) mass is 517 g/mol. The number of hydrogen-bond donors (Lipinski definition) is 1. The largest absolute Gasteiger partial charge is 0.456 e. The summed E-state index contributed by atoms with van der Waals surface area (Å²) in [5.41, 5.74) is 9.01. The first kappa shape index (κ1) is 25.2. The molecule has 0 spiro atoms. The van der Waals surface area contributed by atoms with Crippen LogP contribution in [-0.2, 0) is 11.2 Å². The highest BCUT2D eigenvalue weighted by Gasteiger charge is 2.42. The van der Waals surface area contributed by atoms with Gasteiger partial charge in [0.1, 0.15) is 10.6 Å². The molecular weight excluding hydrogens is 486 g/mol. The second-order valence-corrected chi connectivity index (χ2v) is 11.6. The van der Waals surface area contributed by atoms with E-state index in [1.807, 2.05) is 39.0 Å². The van der Waals surface area contributed by atoms with Gasteiger partial charge in [-0.1, -0.05) is 42.5 Å². The van der Waals surface area contributed by atoms with E-state index in [0.717, 1.165) is 16.0 Å². The quantitative estimate of drug-likeness (QED) is 0.367. The van der Waals surface area contributed by atoms with E-state index in [0.29, 0.717) is 34.7 Å². The van der Waals surface area contributed by atoms with Gasteiger partial charge >= 0.3 is 5.97 Å². The second-order valence-electron chi connectivity index (χ2n) is 10.5. The number of esters is 1. The van der Waals surface area contributed by atoms with Gasteiger partial charge in [-0.2, -0.15) is 0 Å². The number of carbonyl (C=O) groups excluding carboxylic acids is 3. The molecule has 37 heavy (non-hydrogen) atoms. The van der Waals surface area contributed by atoms with Crippen LogP contribution in [0.5, 0.6) is 0 Å². The minimum absolute atomic E-state index is 0.0165. The van der Waals surface area contributed by atoms with Crippen molar-refractivity contribution in [1.29, 1.82) is 0 Å². The Labute approximate surface area is 220 Å². The van der Waals surface area contributed by atoms with Crippen LogP contribution in [0.1, 0.15) is 86.9 Å². The lowest BCUT2D eigenvalue weighted by Crippen LogP contribution is -2.44. The van der Waals surface area contributed by atoms with E-state index in [-0.39, 0.29) is 30.4 Å². The smallest absolute Gasteiger partial charge is 0.341 e. The molecule has 2 atom stereocenters. The Morgan fingerprint density at radius 2 is 1.65 bits per heavy atom. The van der Waals surface area contributed by atoms with Crippen LogP contribution in [0.15, 0.2) is 54.6 Å². The van der Waals surface area contributed by atoms with E-state index in [4.69, 9.17) is 10.5 Å². The number of benzene rings is 2. The van der Waals surface area contributed by atoms with Crippen LogP contribution in [0.25, 0.3) is 0 Å². The van der Waals surface area contributed by atoms with Crippen LogP contribution in [0.3, 0.4) is 0 Å². The van der Waals surface area contributed by atoms with E-state index in [9.17, 15) is 14.4 Å². The summed E-state index contributed by atoms with van der Waals surface area (Å²) >= 11 is 1.35. The first-order valence-corrected chi connectivity index (χ1v) is 13.3. The highest BCUT2D eigenvalue weighted by atomic mass is 32.1. The summed E-state index contributed by atoms with van der Waals surface area (Å²) in [6, 6.07) is 16.8. The molecule has 3 aromatic rings. The maximum Gasteiger partial charge on any atom is 0.341 e. The highest BCUT2D eigenvalue weighted by Crippen LogP contribution is 2.45. The zero-order valence-corrected chi connectivity index (χ0v) is 22.3. The van der Waals surface area contributed by atoms with Crippen molar-refractivity contribution in [1.82, 2.24) is 9.80 Å². The minimum atomic E-state index is -0.652. The van der Waals surface area contributed by atoms with Gasteiger partial charge < -0.3 is 10.5 Å². The average molecular weight is 518 g/mol. The Morgan fingerprint density at radius 3 is 2.24 bits per heavy atom. The van der Waals surface area contributed by atoms with Gasteiger partial charge in [-0.25, -0.2) is 4.79 Å². The number of rotatable bonds is 5. The minimum Gasteiger partial charge on any atom is -0.456 e. The number of carbonyl (C=O) groups is 3. The van der Waals surface area contributed by atoms with Crippen LogP contribution < -0.4 is 5.73 Å². The number of anilines is 1. The first-order chi connectivity index (χ1) is 17.6. The summed E-state index contributed by atoms with van der Waals surface area (Å²) in [6.45, 7) is 8.42. The molecule has 2 aliphatic heterocycles. The molecule has 2 amide bonds. The van der Waals surface area contributed by atoms with Crippen LogP contribution in [0, 0.1) is 0 Å². The predicted molar refractivity (Wildman–Crippen MR) is 144 cm³/mol. The van der Waals surface area contributed by atoms with Gasteiger partial charge in [-0.05, 0) is 57.4 Å². The maximum atomic E-state index is 13.3. The van der Waals surface area contributed by atoms with Crippen molar-refractivity contribution in [3.05, 3.63) is 87.3 Å². The Morgan fingerprint density at radius 1 is 1.05 bits per heavy atom. The zero-order chi connectivity index (χ0) is 26.5. The molecule has 7 nitrogen and oxygen atoms in total. The van der Waals surface area contributed by atoms with E-state index >= 15 is 0 Å². The van der Waals surface area contributed by atoms with Gasteiger partial charge in [0.15, 0.2) is 0 Å². The van der Waals surface area contributed by atoms with Crippen molar-refractivity contribution < 1.29 is 19.1 Å². The van der Waals surface area contributed by atoms with Gasteiger partial charge in [0.25, 0.3) is 11.8 Å². The number of fused-ring (bicyclic) bond motifs is 2. The van der Waals surface area contributed by atoms with Crippen molar-refractivity contribution in [2.24, 2.45) is 0 Å². The van der Waals surface area contributed by atoms with Crippen LogP contribution in [0.4, 0.5) is 5.00 Å². The lowest BCUT2D eigenvalue weighted by Gasteiger charge is -2.41. The Bertz CT molecular complexity index is 1340. The van der Waals surface area contributed by atoms with Gasteiger partial charge in [-0.3, -0.25) is 19.4 Å². The highest BCUT2D eigenvalue weighted by molar-refractivity contribution is 7.16. The molecule has 1 aromatic heterocycles. The average Bonchev–Trinajstić information content (AvgIpc) is 3.32. The summed E-state index contributed by atoms with van der Waals surface area (Å²) in [7, 11) is 0. The summed E-state index contributed by atoms with van der Waals surface area (Å²) in [5, 5.41) is 0.404. The number of amides is 2. The third-order valence-electron chi connectivity index (χ3n) is 7.00. The van der Waals surface area contributed by atoms with E-state index in [1.165, 1.54) is 16.2 Å². The summed E-state index contributed by atoms with van der Waals surface area (Å²) in [5.74, 6) is -1.03. The number of nitrogen functional groups attached to an aromatic ring is 1. The molecule has 2 aliphatic rings. The maximum absolute atomic E-state index is 13.3. The molecule has 8 heteroatoms. The molecule has 192 valence electrons. The lowest BCUT2D eigenvalue weighted by molar-refractivity contribution is 0.00678. The van der Waals surface area contributed by atoms with Gasteiger partial charge in [0.05, 0.1) is 22.7 Å². The van der Waals surface area contributed by atoms with Gasteiger partial charge in [-0.15, -0.1) is 11.3 Å². The Hall–Kier alpha value is -3.49. The molecule has 5 rings (SSSR count). The third kappa shape index (κ3) is 4.55. The second kappa shape index (κ2) is 9.43. The van der Waals surface area contributed by atoms with Crippen molar-refractivity contribution in [2.75, 3.05) is 18.8 Å². The van der Waals surface area contributed by atoms with E-state index < -0.39 is 11.6 Å². The normalized spacial score (nSPS) is 18.5. The molecular formula is C29H31N3O4S. The fourth-order valence-corrected chi connectivity index (χ4v) is 6.49. The van der Waals surface area contributed by atoms with Crippen LogP contribution in [-0.4, -0.2) is 46.3 Å². The SMILES string of the molecule is CC(c1ccccc1)N1CCc2c(sc(N)c2C(=O)OC(C)(C)C)C1CN1C(=O)c2ccccc2C1=O. The number of thiophene rings is 1. The number of nitrogens with zero attached hydrogens (tertiary/aromatic N) is 2. The molecule has 2 N–H and O–H groups in total. The van der Waals surface area contributed by atoms with Gasteiger partial charge in [0.2, 0.25) is 0 Å². The molecule has 2 aromatic carbocycles. The topological polar surface area (TPSA) is 92.9 Å². The van der Waals surface area contributed by atoms with Crippen molar-refractivity contribution >= 4 is 34.1 Å². The molecule has 0 saturated heterocycles. The van der Waals surface area contributed by atoms with E-state index in [1.54, 1.807) is 24.3 Å². The van der Waals surface area contributed by atoms with E-state index in [2.05, 4.69) is 24.0 Å². The molecule has 0 fully saturated rings. The van der Waals surface area contributed by atoms with Gasteiger partial charge in [0, 0.05) is 24.0 Å². The summed E-state index contributed by atoms with van der Waals surface area (Å²) in [4.78, 5) is 44.2. The molecule has 0 saturated carbocycles. The molecule has 0 aliphatic carbocycles. The molecule has 0 bridgehead atoms. The number of hydrogen-bond acceptors (Lipinski definition) is 7. The zero-order valence-electron chi connectivity index (χ0n) is 21.5. The molecule has 0 radical (unpaired) electrons. The number of imide groups is 1. The predicted octanol–water partition coefficient (Wildman–Crippen LogP) is 5.24. The van der Waals surface area contributed by atoms with Crippen molar-refractivity contribution in [3.63, 3.8) is 0 Å². The fraction of sp³-hybridized carbons (Fsp3) is 0.345. The third-order valence-corrected chi connectivity index (χ3v) is 8.17. The van der Waals surface area contributed by atoms with Crippen LogP contribution >= 0.6 is 11.3 Å². The summed E-state index contributed by atoms with van der Waals surface area (Å²) in [6.07, 6.45) is 0.618.